The van der Waals surface area contributed by atoms with Crippen LogP contribution in [0.1, 0.15) is 18.4 Å². The summed E-state index contributed by atoms with van der Waals surface area (Å²) in [6.45, 7) is 3.55. The summed E-state index contributed by atoms with van der Waals surface area (Å²) in [5, 5.41) is 3.29. The van der Waals surface area contributed by atoms with E-state index in [0.717, 1.165) is 49.4 Å². The third-order valence-electron chi connectivity index (χ3n) is 3.78. The maximum absolute atomic E-state index is 13.0. The number of carbonyl (C=O) groups excluding carboxylic acids is 1. The third-order valence-corrected chi connectivity index (χ3v) is 3.78. The van der Waals surface area contributed by atoms with Crippen LogP contribution in [0.4, 0.5) is 4.39 Å². The van der Waals surface area contributed by atoms with Crippen molar-refractivity contribution >= 4 is 23.8 Å². The SMILES string of the molecule is Cl.O=C1CCC(c2ccc(F)cc2)=C1N1CCNCC1. The monoisotopic (exact) mass is 296 g/mol. The van der Waals surface area contributed by atoms with Gasteiger partial charge in [0.05, 0.1) is 5.70 Å². The van der Waals surface area contributed by atoms with E-state index in [-0.39, 0.29) is 24.0 Å². The summed E-state index contributed by atoms with van der Waals surface area (Å²) in [6, 6.07) is 6.46. The molecule has 2 aliphatic rings. The first-order chi connectivity index (χ1) is 9.25. The Hall–Kier alpha value is -1.39. The van der Waals surface area contributed by atoms with Gasteiger partial charge < -0.3 is 10.2 Å². The molecular formula is C15H18ClFN2O. The van der Waals surface area contributed by atoms with Crippen molar-refractivity contribution in [2.75, 3.05) is 26.2 Å². The number of rotatable bonds is 2. The van der Waals surface area contributed by atoms with Crippen LogP contribution >= 0.6 is 12.4 Å². The Kier molecular flexibility index (Phi) is 4.78. The predicted octanol–water partition coefficient (Wildman–Crippen LogP) is 2.23. The first kappa shape index (κ1) is 15.0. The Labute approximate surface area is 124 Å². The minimum Gasteiger partial charge on any atom is -0.366 e. The summed E-state index contributed by atoms with van der Waals surface area (Å²) in [6.07, 6.45) is 1.34. The van der Waals surface area contributed by atoms with E-state index in [1.54, 1.807) is 12.1 Å². The number of hydrogen-bond acceptors (Lipinski definition) is 3. The number of carbonyl (C=O) groups is 1. The van der Waals surface area contributed by atoms with Crippen LogP contribution in [-0.4, -0.2) is 36.9 Å². The van der Waals surface area contributed by atoms with Crippen molar-refractivity contribution in [1.29, 1.82) is 0 Å². The molecule has 5 heteroatoms. The molecule has 0 bridgehead atoms. The van der Waals surface area contributed by atoms with Gasteiger partial charge in [-0.2, -0.15) is 0 Å². The van der Waals surface area contributed by atoms with Crippen molar-refractivity contribution in [2.45, 2.75) is 12.8 Å². The van der Waals surface area contributed by atoms with Crippen LogP contribution in [0.5, 0.6) is 0 Å². The summed E-state index contributed by atoms with van der Waals surface area (Å²) >= 11 is 0. The summed E-state index contributed by atoms with van der Waals surface area (Å²) in [5.41, 5.74) is 2.90. The highest BCUT2D eigenvalue weighted by Gasteiger charge is 2.29. The average molecular weight is 297 g/mol. The van der Waals surface area contributed by atoms with E-state index in [1.165, 1.54) is 12.1 Å². The van der Waals surface area contributed by atoms with Crippen LogP contribution in [0.3, 0.4) is 0 Å². The molecule has 1 N–H and O–H groups in total. The number of nitrogens with zero attached hydrogens (tertiary/aromatic N) is 1. The average Bonchev–Trinajstić information content (AvgIpc) is 2.82. The fourth-order valence-electron chi connectivity index (χ4n) is 2.83. The maximum atomic E-state index is 13.0. The summed E-state index contributed by atoms with van der Waals surface area (Å²) in [7, 11) is 0. The van der Waals surface area contributed by atoms with Crippen LogP contribution in [-0.2, 0) is 4.79 Å². The zero-order valence-electron chi connectivity index (χ0n) is 11.2. The molecule has 1 aliphatic heterocycles. The lowest BCUT2D eigenvalue weighted by atomic mass is 10.0. The highest BCUT2D eigenvalue weighted by molar-refractivity contribution is 6.06. The van der Waals surface area contributed by atoms with Crippen molar-refractivity contribution in [2.24, 2.45) is 0 Å². The Morgan fingerprint density at radius 3 is 2.35 bits per heavy atom. The van der Waals surface area contributed by atoms with Gasteiger partial charge in [-0.3, -0.25) is 4.79 Å². The van der Waals surface area contributed by atoms with E-state index < -0.39 is 0 Å². The molecule has 1 aromatic rings. The molecule has 1 saturated heterocycles. The molecule has 0 amide bonds. The molecule has 0 radical (unpaired) electrons. The molecule has 1 fully saturated rings. The number of hydrogen-bond donors (Lipinski definition) is 1. The fraction of sp³-hybridized carbons (Fsp3) is 0.400. The minimum absolute atomic E-state index is 0. The van der Waals surface area contributed by atoms with Gasteiger partial charge in [-0.05, 0) is 29.7 Å². The van der Waals surface area contributed by atoms with Gasteiger partial charge in [0, 0.05) is 32.6 Å². The zero-order valence-corrected chi connectivity index (χ0v) is 12.0. The Morgan fingerprint density at radius 2 is 1.70 bits per heavy atom. The van der Waals surface area contributed by atoms with Gasteiger partial charge in [-0.1, -0.05) is 12.1 Å². The molecule has 0 atom stereocenters. The van der Waals surface area contributed by atoms with Crippen LogP contribution in [0.25, 0.3) is 5.57 Å². The molecular weight excluding hydrogens is 279 g/mol. The van der Waals surface area contributed by atoms with Crippen LogP contribution in [0.15, 0.2) is 30.0 Å². The van der Waals surface area contributed by atoms with Gasteiger partial charge in [-0.15, -0.1) is 12.4 Å². The Morgan fingerprint density at radius 1 is 1.05 bits per heavy atom. The lowest BCUT2D eigenvalue weighted by Gasteiger charge is -2.30. The molecule has 3 nitrogen and oxygen atoms in total. The number of Topliss-reactive ketones (excluding diaryl/α,β-unsaturated/α-hetero) is 1. The van der Waals surface area contributed by atoms with Crippen molar-refractivity contribution < 1.29 is 9.18 Å². The second-order valence-electron chi connectivity index (χ2n) is 4.99. The molecule has 108 valence electrons. The van der Waals surface area contributed by atoms with Gasteiger partial charge in [0.15, 0.2) is 5.78 Å². The number of nitrogens with one attached hydrogen (secondary N) is 1. The quantitative estimate of drug-likeness (QED) is 0.908. The topological polar surface area (TPSA) is 32.3 Å². The summed E-state index contributed by atoms with van der Waals surface area (Å²) < 4.78 is 13.0. The highest BCUT2D eigenvalue weighted by Crippen LogP contribution is 2.33. The lowest BCUT2D eigenvalue weighted by molar-refractivity contribution is -0.116. The van der Waals surface area contributed by atoms with Gasteiger partial charge in [0.2, 0.25) is 0 Å². The highest BCUT2D eigenvalue weighted by atomic mass is 35.5. The van der Waals surface area contributed by atoms with Gasteiger partial charge in [0.25, 0.3) is 0 Å². The number of ketones is 1. The molecule has 0 saturated carbocycles. The van der Waals surface area contributed by atoms with E-state index >= 15 is 0 Å². The summed E-state index contributed by atoms with van der Waals surface area (Å²) in [5.74, 6) is -0.0152. The molecule has 1 aromatic carbocycles. The van der Waals surface area contributed by atoms with E-state index in [1.807, 2.05) is 0 Å². The normalized spacial score (nSPS) is 19.2. The van der Waals surface area contributed by atoms with Gasteiger partial charge in [0.1, 0.15) is 5.82 Å². The number of halogens is 2. The first-order valence-electron chi connectivity index (χ1n) is 6.73. The second kappa shape index (κ2) is 6.37. The molecule has 1 aliphatic carbocycles. The molecule has 0 spiro atoms. The molecule has 20 heavy (non-hydrogen) atoms. The van der Waals surface area contributed by atoms with Crippen LogP contribution in [0.2, 0.25) is 0 Å². The lowest BCUT2D eigenvalue weighted by Crippen LogP contribution is -2.44. The van der Waals surface area contributed by atoms with Crippen LogP contribution in [0, 0.1) is 5.82 Å². The van der Waals surface area contributed by atoms with Crippen molar-refractivity contribution in [3.8, 4) is 0 Å². The molecule has 0 unspecified atom stereocenters. The van der Waals surface area contributed by atoms with Crippen molar-refractivity contribution in [3.63, 3.8) is 0 Å². The molecule has 1 heterocycles. The van der Waals surface area contributed by atoms with Gasteiger partial charge >= 0.3 is 0 Å². The van der Waals surface area contributed by atoms with Crippen molar-refractivity contribution in [3.05, 3.63) is 41.3 Å². The standard InChI is InChI=1S/C15H17FN2O.ClH/c16-12-3-1-11(2-4-12)13-5-6-14(19)15(13)18-9-7-17-8-10-18;/h1-4,17H,5-10H2;1H. The third kappa shape index (κ3) is 2.86. The molecule has 0 aromatic heterocycles. The van der Waals surface area contributed by atoms with E-state index in [0.29, 0.717) is 6.42 Å². The number of benzene rings is 1. The van der Waals surface area contributed by atoms with Gasteiger partial charge in [-0.25, -0.2) is 4.39 Å². The first-order valence-corrected chi connectivity index (χ1v) is 6.73. The predicted molar refractivity (Wildman–Crippen MR) is 79.3 cm³/mol. The fourth-order valence-corrected chi connectivity index (χ4v) is 2.83. The van der Waals surface area contributed by atoms with E-state index in [4.69, 9.17) is 0 Å². The maximum Gasteiger partial charge on any atom is 0.179 e. The largest absolute Gasteiger partial charge is 0.366 e. The smallest absolute Gasteiger partial charge is 0.179 e. The molecule has 3 rings (SSSR count). The number of allylic oxidation sites excluding steroid dienone is 2. The van der Waals surface area contributed by atoms with E-state index in [9.17, 15) is 9.18 Å². The van der Waals surface area contributed by atoms with Crippen LogP contribution < -0.4 is 5.32 Å². The Balaban J connectivity index is 0.00000147. The minimum atomic E-state index is -0.239. The Bertz CT molecular complexity index is 521. The van der Waals surface area contributed by atoms with E-state index in [2.05, 4.69) is 10.2 Å². The van der Waals surface area contributed by atoms with Crippen molar-refractivity contribution in [1.82, 2.24) is 10.2 Å². The number of piperazine rings is 1. The summed E-state index contributed by atoms with van der Waals surface area (Å²) in [4.78, 5) is 14.3. The zero-order chi connectivity index (χ0) is 13.2. The second-order valence-corrected chi connectivity index (χ2v) is 4.99.